The molecule has 0 N–H and O–H groups in total. The van der Waals surface area contributed by atoms with Crippen LogP contribution in [0, 0.1) is 3.57 Å². The lowest BCUT2D eigenvalue weighted by Gasteiger charge is -2.13. The van der Waals surface area contributed by atoms with Gasteiger partial charge in [-0.3, -0.25) is 0 Å². The molecule has 0 saturated carbocycles. The molecule has 0 unspecified atom stereocenters. The maximum Gasteiger partial charge on any atom is 0.363 e. The third-order valence-electron chi connectivity index (χ3n) is 3.79. The van der Waals surface area contributed by atoms with E-state index in [2.05, 4.69) is 27.6 Å². The first-order valence-corrected chi connectivity index (χ1v) is 10.2. The number of esters is 1. The molecule has 146 valence electrons. The minimum atomic E-state index is -0.554. The van der Waals surface area contributed by atoms with Gasteiger partial charge in [-0.2, -0.15) is 0 Å². The lowest BCUT2D eigenvalue weighted by molar-refractivity contribution is -0.129. The summed E-state index contributed by atoms with van der Waals surface area (Å²) in [5.41, 5.74) is 1.41. The van der Waals surface area contributed by atoms with Crippen LogP contribution in [-0.4, -0.2) is 25.6 Å². The van der Waals surface area contributed by atoms with Crippen LogP contribution in [0.2, 0.25) is 10.0 Å². The Bertz CT molecular complexity index is 988. The Morgan fingerprint density at radius 2 is 2.04 bits per heavy atom. The highest BCUT2D eigenvalue weighted by Crippen LogP contribution is 2.35. The van der Waals surface area contributed by atoms with Gasteiger partial charge in [-0.1, -0.05) is 30.1 Å². The number of carbonyl (C=O) groups excluding carboxylic acids is 1. The lowest BCUT2D eigenvalue weighted by atomic mass is 10.1. The Labute approximate surface area is 186 Å². The van der Waals surface area contributed by atoms with E-state index in [0.29, 0.717) is 33.7 Å². The average molecular weight is 532 g/mol. The molecule has 0 atom stereocenters. The molecular formula is C20H16Cl2INO4. The number of nitrogens with zero attached hydrogens (tertiary/aromatic N) is 1. The maximum absolute atomic E-state index is 12.3. The maximum atomic E-state index is 12.3. The highest BCUT2D eigenvalue weighted by molar-refractivity contribution is 14.1. The van der Waals surface area contributed by atoms with Crippen molar-refractivity contribution < 1.29 is 19.0 Å². The van der Waals surface area contributed by atoms with Crippen molar-refractivity contribution in [3.05, 3.63) is 60.8 Å². The molecule has 1 aliphatic heterocycles. The molecule has 2 aromatic carbocycles. The molecule has 5 nitrogen and oxygen atoms in total. The van der Waals surface area contributed by atoms with Crippen LogP contribution in [0.1, 0.15) is 24.5 Å². The SMILES string of the molecule is CCCOc1c(I)cc(/C=C2\N=C(c3ccc(Cl)cc3Cl)OC2=O)cc1OC. The van der Waals surface area contributed by atoms with E-state index in [9.17, 15) is 4.79 Å². The minimum absolute atomic E-state index is 0.141. The fourth-order valence-corrected chi connectivity index (χ4v) is 3.78. The second-order valence-corrected chi connectivity index (χ2v) is 7.85. The molecule has 3 rings (SSSR count). The summed E-state index contributed by atoms with van der Waals surface area (Å²) < 4.78 is 17.3. The predicted octanol–water partition coefficient (Wildman–Crippen LogP) is 5.74. The number of aliphatic imine (C=N–C) groups is 1. The van der Waals surface area contributed by atoms with Gasteiger partial charge in [0.15, 0.2) is 17.2 Å². The number of ether oxygens (including phenoxy) is 3. The minimum Gasteiger partial charge on any atom is -0.493 e. The second-order valence-electron chi connectivity index (χ2n) is 5.84. The van der Waals surface area contributed by atoms with Gasteiger partial charge in [0.25, 0.3) is 0 Å². The number of benzene rings is 2. The standard InChI is InChI=1S/C20H16Cl2INO4/c1-3-6-27-18-15(23)7-11(9-17(18)26-2)8-16-20(25)28-19(24-16)13-5-4-12(21)10-14(13)22/h4-5,7-10H,3,6H2,1-2H3/b16-8-. The van der Waals surface area contributed by atoms with Gasteiger partial charge in [0.2, 0.25) is 5.90 Å². The molecule has 0 spiro atoms. The summed E-state index contributed by atoms with van der Waals surface area (Å²) in [4.78, 5) is 16.5. The van der Waals surface area contributed by atoms with Crippen LogP contribution in [0.25, 0.3) is 6.08 Å². The first-order chi connectivity index (χ1) is 13.4. The zero-order valence-electron chi connectivity index (χ0n) is 15.1. The Kier molecular flexibility index (Phi) is 6.85. The summed E-state index contributed by atoms with van der Waals surface area (Å²) >= 11 is 14.3. The fourth-order valence-electron chi connectivity index (χ4n) is 2.51. The molecule has 0 aliphatic carbocycles. The zero-order chi connectivity index (χ0) is 20.3. The summed E-state index contributed by atoms with van der Waals surface area (Å²) in [6.07, 6.45) is 2.52. The summed E-state index contributed by atoms with van der Waals surface area (Å²) in [6, 6.07) is 8.56. The van der Waals surface area contributed by atoms with E-state index >= 15 is 0 Å². The number of rotatable bonds is 6. The Hall–Kier alpha value is -1.77. The molecule has 0 radical (unpaired) electrons. The van der Waals surface area contributed by atoms with E-state index in [-0.39, 0.29) is 11.6 Å². The molecule has 8 heteroatoms. The molecule has 28 heavy (non-hydrogen) atoms. The quantitative estimate of drug-likeness (QED) is 0.271. The highest BCUT2D eigenvalue weighted by Gasteiger charge is 2.26. The number of carbonyl (C=O) groups is 1. The van der Waals surface area contributed by atoms with Gasteiger partial charge in [-0.25, -0.2) is 9.79 Å². The van der Waals surface area contributed by atoms with Crippen LogP contribution in [0.3, 0.4) is 0 Å². The molecule has 0 fully saturated rings. The second kappa shape index (κ2) is 9.15. The Morgan fingerprint density at radius 3 is 2.71 bits per heavy atom. The van der Waals surface area contributed by atoms with Crippen LogP contribution >= 0.6 is 45.8 Å². The topological polar surface area (TPSA) is 57.1 Å². The van der Waals surface area contributed by atoms with E-state index in [4.69, 9.17) is 37.4 Å². The summed E-state index contributed by atoms with van der Waals surface area (Å²) in [7, 11) is 1.57. The molecule has 0 aromatic heterocycles. The normalized spacial score (nSPS) is 14.8. The summed E-state index contributed by atoms with van der Waals surface area (Å²) in [6.45, 7) is 2.63. The molecule has 1 heterocycles. The van der Waals surface area contributed by atoms with Crippen LogP contribution in [0.5, 0.6) is 11.5 Å². The number of hydrogen-bond donors (Lipinski definition) is 0. The van der Waals surface area contributed by atoms with Gasteiger partial charge < -0.3 is 14.2 Å². The third kappa shape index (κ3) is 4.61. The van der Waals surface area contributed by atoms with Gasteiger partial charge >= 0.3 is 5.97 Å². The van der Waals surface area contributed by atoms with Crippen molar-refractivity contribution in [3.8, 4) is 11.5 Å². The predicted molar refractivity (Wildman–Crippen MR) is 119 cm³/mol. The van der Waals surface area contributed by atoms with E-state index in [1.165, 1.54) is 0 Å². The Morgan fingerprint density at radius 1 is 1.25 bits per heavy atom. The van der Waals surface area contributed by atoms with Crippen LogP contribution in [0.15, 0.2) is 41.0 Å². The van der Waals surface area contributed by atoms with E-state index < -0.39 is 5.97 Å². The van der Waals surface area contributed by atoms with Crippen molar-refractivity contribution in [2.24, 2.45) is 4.99 Å². The van der Waals surface area contributed by atoms with Gasteiger partial charge in [0.05, 0.1) is 27.9 Å². The van der Waals surface area contributed by atoms with Crippen molar-refractivity contribution in [2.45, 2.75) is 13.3 Å². The molecule has 0 amide bonds. The molecule has 1 aliphatic rings. The van der Waals surface area contributed by atoms with Crippen molar-refractivity contribution in [2.75, 3.05) is 13.7 Å². The van der Waals surface area contributed by atoms with Gasteiger partial charge in [-0.05, 0) is 71.0 Å². The summed E-state index contributed by atoms with van der Waals surface area (Å²) in [5.74, 6) is 0.852. The van der Waals surface area contributed by atoms with Gasteiger partial charge in [0, 0.05) is 5.02 Å². The van der Waals surface area contributed by atoms with Gasteiger partial charge in [0.1, 0.15) is 0 Å². The number of methoxy groups -OCH3 is 1. The smallest absolute Gasteiger partial charge is 0.363 e. The number of halogens is 3. The van der Waals surface area contributed by atoms with E-state index in [0.717, 1.165) is 15.6 Å². The summed E-state index contributed by atoms with van der Waals surface area (Å²) in [5, 5.41) is 0.843. The van der Waals surface area contributed by atoms with Gasteiger partial charge in [-0.15, -0.1) is 0 Å². The molecule has 0 saturated heterocycles. The first kappa shape index (κ1) is 21.0. The molecule has 0 bridgehead atoms. The van der Waals surface area contributed by atoms with E-state index in [1.54, 1.807) is 37.5 Å². The van der Waals surface area contributed by atoms with Crippen LogP contribution in [-0.2, 0) is 9.53 Å². The van der Waals surface area contributed by atoms with Crippen molar-refractivity contribution in [1.29, 1.82) is 0 Å². The molecule has 2 aromatic rings. The lowest BCUT2D eigenvalue weighted by Crippen LogP contribution is -2.06. The largest absolute Gasteiger partial charge is 0.493 e. The van der Waals surface area contributed by atoms with Crippen molar-refractivity contribution in [3.63, 3.8) is 0 Å². The fraction of sp³-hybridized carbons (Fsp3) is 0.200. The monoisotopic (exact) mass is 531 g/mol. The number of cyclic esters (lactones) is 1. The van der Waals surface area contributed by atoms with Crippen LogP contribution in [0.4, 0.5) is 0 Å². The zero-order valence-corrected chi connectivity index (χ0v) is 18.8. The van der Waals surface area contributed by atoms with Crippen LogP contribution < -0.4 is 9.47 Å². The highest BCUT2D eigenvalue weighted by atomic mass is 127. The number of hydrogen-bond acceptors (Lipinski definition) is 5. The van der Waals surface area contributed by atoms with Crippen molar-refractivity contribution >= 4 is 63.7 Å². The first-order valence-electron chi connectivity index (χ1n) is 8.41. The van der Waals surface area contributed by atoms with E-state index in [1.807, 2.05) is 13.0 Å². The third-order valence-corrected chi connectivity index (χ3v) is 5.14. The van der Waals surface area contributed by atoms with Crippen molar-refractivity contribution in [1.82, 2.24) is 0 Å². The molecular weight excluding hydrogens is 516 g/mol. The average Bonchev–Trinajstić information content (AvgIpc) is 3.00. The Balaban J connectivity index is 1.95.